The number of hydrogen-bond acceptors (Lipinski definition) is 2. The molecule has 2 heteroatoms. The molecular formula is C16H24O2. The Balaban J connectivity index is 1.95. The normalized spacial score (nSPS) is 48.6. The quantitative estimate of drug-likeness (QED) is 0.659. The third-order valence-electron chi connectivity index (χ3n) is 5.84. The Morgan fingerprint density at radius 3 is 1.50 bits per heavy atom. The van der Waals surface area contributed by atoms with Gasteiger partial charge >= 0.3 is 0 Å². The lowest BCUT2D eigenvalue weighted by molar-refractivity contribution is -0.156. The first-order valence-electron chi connectivity index (χ1n) is 7.68. The van der Waals surface area contributed by atoms with E-state index in [4.69, 9.17) is 0 Å². The SMILES string of the molecule is CC1CCC(C)C2C(=O)C3CCCCC3C(=O)C12. The van der Waals surface area contributed by atoms with E-state index in [0.29, 0.717) is 23.4 Å². The van der Waals surface area contributed by atoms with E-state index < -0.39 is 0 Å². The minimum Gasteiger partial charge on any atom is -0.299 e. The van der Waals surface area contributed by atoms with Gasteiger partial charge in [-0.1, -0.05) is 26.7 Å². The van der Waals surface area contributed by atoms with E-state index in [1.807, 2.05) is 0 Å². The van der Waals surface area contributed by atoms with Crippen molar-refractivity contribution in [3.63, 3.8) is 0 Å². The maximum Gasteiger partial charge on any atom is 0.140 e. The number of carbonyl (C=O) groups is 2. The summed E-state index contributed by atoms with van der Waals surface area (Å²) in [7, 11) is 0. The summed E-state index contributed by atoms with van der Waals surface area (Å²) in [6, 6.07) is 0. The Kier molecular flexibility index (Phi) is 3.07. The van der Waals surface area contributed by atoms with E-state index >= 15 is 0 Å². The zero-order chi connectivity index (χ0) is 12.9. The molecule has 3 saturated carbocycles. The number of rotatable bonds is 0. The van der Waals surface area contributed by atoms with Gasteiger partial charge in [0.25, 0.3) is 0 Å². The van der Waals surface area contributed by atoms with Gasteiger partial charge in [0.2, 0.25) is 0 Å². The van der Waals surface area contributed by atoms with Gasteiger partial charge < -0.3 is 0 Å². The van der Waals surface area contributed by atoms with E-state index in [1.165, 1.54) is 0 Å². The fraction of sp³-hybridized carbons (Fsp3) is 0.875. The molecule has 0 aromatic carbocycles. The highest BCUT2D eigenvalue weighted by atomic mass is 16.1. The van der Waals surface area contributed by atoms with Crippen LogP contribution in [0.25, 0.3) is 0 Å². The third kappa shape index (κ3) is 1.68. The van der Waals surface area contributed by atoms with Gasteiger partial charge in [0.05, 0.1) is 0 Å². The minimum absolute atomic E-state index is 0.0561. The molecule has 6 atom stereocenters. The molecule has 3 rings (SSSR count). The van der Waals surface area contributed by atoms with Crippen LogP contribution in [0.3, 0.4) is 0 Å². The van der Waals surface area contributed by atoms with Gasteiger partial charge in [0, 0.05) is 23.7 Å². The summed E-state index contributed by atoms with van der Waals surface area (Å²) in [6.07, 6.45) is 6.47. The average molecular weight is 248 g/mol. The summed E-state index contributed by atoms with van der Waals surface area (Å²) in [5.74, 6) is 2.02. The molecule has 0 heterocycles. The predicted molar refractivity (Wildman–Crippen MR) is 70.0 cm³/mol. The molecule has 100 valence electrons. The second kappa shape index (κ2) is 4.47. The van der Waals surface area contributed by atoms with Crippen molar-refractivity contribution in [2.24, 2.45) is 35.5 Å². The van der Waals surface area contributed by atoms with Crippen molar-refractivity contribution < 1.29 is 9.59 Å². The highest BCUT2D eigenvalue weighted by Crippen LogP contribution is 2.49. The van der Waals surface area contributed by atoms with Gasteiger partial charge in [0.1, 0.15) is 11.6 Å². The van der Waals surface area contributed by atoms with Crippen LogP contribution in [-0.2, 0) is 9.59 Å². The molecule has 0 aromatic heterocycles. The summed E-state index contributed by atoms with van der Waals surface area (Å²) in [6.45, 7) is 4.36. The van der Waals surface area contributed by atoms with Crippen molar-refractivity contribution in [1.29, 1.82) is 0 Å². The van der Waals surface area contributed by atoms with Gasteiger partial charge in [0.15, 0.2) is 0 Å². The molecule has 6 unspecified atom stereocenters. The van der Waals surface area contributed by atoms with Gasteiger partial charge in [-0.15, -0.1) is 0 Å². The van der Waals surface area contributed by atoms with E-state index in [-0.39, 0.29) is 23.7 Å². The first-order valence-corrected chi connectivity index (χ1v) is 7.68. The van der Waals surface area contributed by atoms with E-state index in [2.05, 4.69) is 13.8 Å². The van der Waals surface area contributed by atoms with E-state index in [9.17, 15) is 9.59 Å². The largest absolute Gasteiger partial charge is 0.299 e. The molecule has 0 radical (unpaired) electrons. The summed E-state index contributed by atoms with van der Waals surface area (Å²) in [5, 5.41) is 0. The third-order valence-corrected chi connectivity index (χ3v) is 5.84. The summed E-state index contributed by atoms with van der Waals surface area (Å²) in [5.41, 5.74) is 0. The number of ketones is 2. The molecule has 3 fully saturated rings. The van der Waals surface area contributed by atoms with E-state index in [1.54, 1.807) is 0 Å². The highest BCUT2D eigenvalue weighted by molar-refractivity contribution is 6.00. The van der Waals surface area contributed by atoms with Crippen molar-refractivity contribution in [3.8, 4) is 0 Å². The molecule has 0 aromatic rings. The summed E-state index contributed by atoms with van der Waals surface area (Å²) < 4.78 is 0. The Labute approximate surface area is 110 Å². The number of Topliss-reactive ketones (excluding diaryl/α,β-unsaturated/α-hetero) is 2. The van der Waals surface area contributed by atoms with Crippen molar-refractivity contribution in [3.05, 3.63) is 0 Å². The lowest BCUT2D eigenvalue weighted by Crippen LogP contribution is -2.54. The highest BCUT2D eigenvalue weighted by Gasteiger charge is 2.54. The van der Waals surface area contributed by atoms with Crippen molar-refractivity contribution in [2.45, 2.75) is 52.4 Å². The Morgan fingerprint density at radius 1 is 0.722 bits per heavy atom. The molecule has 0 N–H and O–H groups in total. The molecule has 0 bridgehead atoms. The molecular weight excluding hydrogens is 224 g/mol. The van der Waals surface area contributed by atoms with Crippen LogP contribution < -0.4 is 0 Å². The standard InChI is InChI=1S/C16H24O2/c1-9-7-8-10(2)14-13(9)15(17)11-5-3-4-6-12(11)16(14)18/h9-14H,3-8H2,1-2H3. The predicted octanol–water partition coefficient (Wildman–Crippen LogP) is 3.24. The van der Waals surface area contributed by atoms with Crippen LogP contribution in [0.5, 0.6) is 0 Å². The molecule has 0 amide bonds. The number of carbonyl (C=O) groups excluding carboxylic acids is 2. The molecule has 0 spiro atoms. The van der Waals surface area contributed by atoms with Crippen molar-refractivity contribution in [2.75, 3.05) is 0 Å². The van der Waals surface area contributed by atoms with Crippen LogP contribution in [-0.4, -0.2) is 11.6 Å². The number of fused-ring (bicyclic) bond motifs is 2. The van der Waals surface area contributed by atoms with Crippen LogP contribution in [0, 0.1) is 35.5 Å². The maximum atomic E-state index is 12.7. The fourth-order valence-corrected chi connectivity index (χ4v) is 4.81. The topological polar surface area (TPSA) is 34.1 Å². The molecule has 3 aliphatic carbocycles. The Bertz CT molecular complexity index is 337. The van der Waals surface area contributed by atoms with Crippen LogP contribution in [0.15, 0.2) is 0 Å². The smallest absolute Gasteiger partial charge is 0.140 e. The first-order chi connectivity index (χ1) is 8.61. The molecule has 0 saturated heterocycles. The number of hydrogen-bond donors (Lipinski definition) is 0. The molecule has 18 heavy (non-hydrogen) atoms. The summed E-state index contributed by atoms with van der Waals surface area (Å²) in [4.78, 5) is 25.5. The zero-order valence-corrected chi connectivity index (χ0v) is 11.5. The fourth-order valence-electron chi connectivity index (χ4n) is 4.81. The van der Waals surface area contributed by atoms with Gasteiger partial charge in [-0.2, -0.15) is 0 Å². The van der Waals surface area contributed by atoms with Crippen molar-refractivity contribution >= 4 is 11.6 Å². The zero-order valence-electron chi connectivity index (χ0n) is 11.5. The molecule has 0 aliphatic heterocycles. The Hall–Kier alpha value is -0.660. The lowest BCUT2D eigenvalue weighted by Gasteiger charge is -2.48. The molecule has 3 aliphatic rings. The van der Waals surface area contributed by atoms with E-state index in [0.717, 1.165) is 38.5 Å². The lowest BCUT2D eigenvalue weighted by atomic mass is 9.54. The Morgan fingerprint density at radius 2 is 1.11 bits per heavy atom. The maximum absolute atomic E-state index is 12.7. The monoisotopic (exact) mass is 248 g/mol. The van der Waals surface area contributed by atoms with Crippen molar-refractivity contribution in [1.82, 2.24) is 0 Å². The van der Waals surface area contributed by atoms with Gasteiger partial charge in [-0.05, 0) is 37.5 Å². The van der Waals surface area contributed by atoms with Crippen LogP contribution in [0.2, 0.25) is 0 Å². The van der Waals surface area contributed by atoms with Crippen LogP contribution in [0.1, 0.15) is 52.4 Å². The minimum atomic E-state index is 0.0561. The van der Waals surface area contributed by atoms with Gasteiger partial charge in [-0.25, -0.2) is 0 Å². The van der Waals surface area contributed by atoms with Crippen LogP contribution in [0.4, 0.5) is 0 Å². The first kappa shape index (κ1) is 12.4. The second-order valence-corrected chi connectivity index (χ2v) is 6.89. The average Bonchev–Trinajstić information content (AvgIpc) is 2.38. The van der Waals surface area contributed by atoms with Gasteiger partial charge in [-0.3, -0.25) is 9.59 Å². The van der Waals surface area contributed by atoms with Crippen LogP contribution >= 0.6 is 0 Å². The second-order valence-electron chi connectivity index (χ2n) is 6.89. The summed E-state index contributed by atoms with van der Waals surface area (Å²) >= 11 is 0. The molecule has 2 nitrogen and oxygen atoms in total.